The van der Waals surface area contributed by atoms with Gasteiger partial charge in [-0.15, -0.1) is 0 Å². The van der Waals surface area contributed by atoms with Crippen molar-refractivity contribution in [2.24, 2.45) is 5.10 Å². The average molecular weight is 376 g/mol. The number of rotatable bonds is 4. The van der Waals surface area contributed by atoms with Gasteiger partial charge in [0.25, 0.3) is 17.5 Å². The summed E-state index contributed by atoms with van der Waals surface area (Å²) in [6, 6.07) is 14.4. The summed E-state index contributed by atoms with van der Waals surface area (Å²) in [5.41, 5.74) is 4.51. The Hall–Kier alpha value is -4.34. The maximum absolute atomic E-state index is 12.3. The van der Waals surface area contributed by atoms with Crippen LogP contribution in [0.3, 0.4) is 0 Å². The Morgan fingerprint density at radius 1 is 1.14 bits per heavy atom. The Kier molecular flexibility index (Phi) is 4.13. The Labute approximate surface area is 157 Å². The van der Waals surface area contributed by atoms with Gasteiger partial charge < -0.3 is 5.32 Å². The van der Waals surface area contributed by atoms with E-state index in [0.29, 0.717) is 22.5 Å². The number of carbonyl (C=O) groups excluding carboxylic acids is 2. The molecule has 2 amide bonds. The maximum Gasteiger partial charge on any atom is 0.291 e. The molecule has 0 saturated heterocycles. The van der Waals surface area contributed by atoms with Crippen LogP contribution in [0.5, 0.6) is 0 Å². The number of hydrogen-bond acceptors (Lipinski definition) is 6. The number of para-hydroxylation sites is 1. The fourth-order valence-corrected chi connectivity index (χ4v) is 2.75. The zero-order valence-electron chi connectivity index (χ0n) is 14.2. The fourth-order valence-electron chi connectivity index (χ4n) is 2.75. The number of anilines is 1. The summed E-state index contributed by atoms with van der Waals surface area (Å²) < 4.78 is 0. The smallest absolute Gasteiger partial charge is 0.291 e. The first-order valence-electron chi connectivity index (χ1n) is 8.12. The number of amides is 2. The Morgan fingerprint density at radius 3 is 2.79 bits per heavy atom. The van der Waals surface area contributed by atoms with E-state index in [-0.39, 0.29) is 17.1 Å². The molecule has 1 aromatic heterocycles. The van der Waals surface area contributed by atoms with Crippen LogP contribution >= 0.6 is 0 Å². The number of carbonyl (C=O) groups is 2. The highest BCUT2D eigenvalue weighted by atomic mass is 16.6. The molecule has 2 heterocycles. The van der Waals surface area contributed by atoms with Crippen molar-refractivity contribution in [3.8, 4) is 11.3 Å². The number of nitrogens with one attached hydrogen (secondary N) is 3. The van der Waals surface area contributed by atoms with Crippen LogP contribution in [0.1, 0.15) is 16.1 Å². The molecule has 2 aromatic carbocycles. The summed E-state index contributed by atoms with van der Waals surface area (Å²) in [6.45, 7) is 0. The first-order chi connectivity index (χ1) is 13.5. The zero-order chi connectivity index (χ0) is 19.7. The van der Waals surface area contributed by atoms with Crippen molar-refractivity contribution in [3.05, 3.63) is 76.0 Å². The van der Waals surface area contributed by atoms with Crippen LogP contribution in [0.15, 0.2) is 59.7 Å². The van der Waals surface area contributed by atoms with Gasteiger partial charge in [0.1, 0.15) is 0 Å². The molecule has 1 aliphatic rings. The maximum atomic E-state index is 12.3. The van der Waals surface area contributed by atoms with E-state index < -0.39 is 16.7 Å². The molecule has 0 radical (unpaired) electrons. The Morgan fingerprint density at radius 2 is 1.96 bits per heavy atom. The molecular weight excluding hydrogens is 364 g/mol. The number of H-pyrrole nitrogens is 1. The fraction of sp³-hybridized carbons (Fsp3) is 0. The van der Waals surface area contributed by atoms with Crippen molar-refractivity contribution in [1.82, 2.24) is 15.6 Å². The van der Waals surface area contributed by atoms with Crippen LogP contribution in [0.2, 0.25) is 0 Å². The first kappa shape index (κ1) is 17.1. The van der Waals surface area contributed by atoms with E-state index in [1.165, 1.54) is 24.3 Å². The quantitative estimate of drug-likeness (QED) is 0.472. The molecule has 0 atom stereocenters. The van der Waals surface area contributed by atoms with Gasteiger partial charge in [-0.1, -0.05) is 30.3 Å². The van der Waals surface area contributed by atoms with Crippen LogP contribution in [-0.4, -0.2) is 32.6 Å². The summed E-state index contributed by atoms with van der Waals surface area (Å²) >= 11 is 0. The molecule has 0 saturated carbocycles. The van der Waals surface area contributed by atoms with E-state index >= 15 is 0 Å². The second-order valence-electron chi connectivity index (χ2n) is 5.88. The third-order valence-electron chi connectivity index (χ3n) is 4.09. The highest BCUT2D eigenvalue weighted by Gasteiger charge is 2.26. The van der Waals surface area contributed by atoms with Crippen molar-refractivity contribution in [1.29, 1.82) is 0 Å². The number of hydrogen-bond donors (Lipinski definition) is 3. The predicted octanol–water partition coefficient (Wildman–Crippen LogP) is 2.07. The van der Waals surface area contributed by atoms with Gasteiger partial charge in [-0.2, -0.15) is 10.2 Å². The average Bonchev–Trinajstić information content (AvgIpc) is 3.31. The van der Waals surface area contributed by atoms with Crippen LogP contribution in [0.4, 0.5) is 11.4 Å². The number of fused-ring (bicyclic) bond motifs is 1. The molecule has 10 nitrogen and oxygen atoms in total. The highest BCUT2D eigenvalue weighted by Crippen LogP contribution is 2.23. The van der Waals surface area contributed by atoms with Crippen LogP contribution < -0.4 is 10.7 Å². The molecule has 0 aliphatic carbocycles. The standard InChI is InChI=1S/C18H12N6O4/c25-17(23-22-16-12-6-1-2-7-13(12)19-18(16)26)15-9-14(20-21-15)10-4-3-5-11(8-10)24(27)28/h1-9H,(H,20,21)(H,23,25)(H,19,22,26). The van der Waals surface area contributed by atoms with Gasteiger partial charge in [0, 0.05) is 23.3 Å². The number of nitro benzene ring substituents is 1. The summed E-state index contributed by atoms with van der Waals surface area (Å²) in [6.07, 6.45) is 0. The molecule has 28 heavy (non-hydrogen) atoms. The van der Waals surface area contributed by atoms with Gasteiger partial charge in [-0.25, -0.2) is 5.43 Å². The minimum atomic E-state index is -0.627. The van der Waals surface area contributed by atoms with Crippen molar-refractivity contribution in [3.63, 3.8) is 0 Å². The van der Waals surface area contributed by atoms with Gasteiger partial charge in [0.2, 0.25) is 0 Å². The van der Waals surface area contributed by atoms with Gasteiger partial charge >= 0.3 is 0 Å². The summed E-state index contributed by atoms with van der Waals surface area (Å²) in [4.78, 5) is 34.7. The molecule has 3 aromatic rings. The summed E-state index contributed by atoms with van der Waals surface area (Å²) in [7, 11) is 0. The molecule has 0 bridgehead atoms. The molecule has 138 valence electrons. The third-order valence-corrected chi connectivity index (χ3v) is 4.09. The van der Waals surface area contributed by atoms with E-state index in [0.717, 1.165) is 0 Å². The zero-order valence-corrected chi connectivity index (χ0v) is 14.2. The van der Waals surface area contributed by atoms with E-state index in [1.807, 2.05) is 0 Å². The van der Waals surface area contributed by atoms with Crippen LogP contribution in [0, 0.1) is 10.1 Å². The van der Waals surface area contributed by atoms with E-state index in [1.54, 1.807) is 30.3 Å². The lowest BCUT2D eigenvalue weighted by atomic mass is 10.1. The molecule has 0 fully saturated rings. The lowest BCUT2D eigenvalue weighted by molar-refractivity contribution is -0.384. The normalized spacial score (nSPS) is 13.9. The van der Waals surface area contributed by atoms with Crippen LogP contribution in [-0.2, 0) is 4.79 Å². The molecule has 10 heteroatoms. The Balaban J connectivity index is 1.54. The number of non-ortho nitro benzene ring substituents is 1. The van der Waals surface area contributed by atoms with Crippen molar-refractivity contribution >= 4 is 28.9 Å². The van der Waals surface area contributed by atoms with Crippen molar-refractivity contribution < 1.29 is 14.5 Å². The topological polar surface area (TPSA) is 142 Å². The summed E-state index contributed by atoms with van der Waals surface area (Å²) in [5.74, 6) is -1.04. The van der Waals surface area contributed by atoms with Gasteiger partial charge in [-0.3, -0.25) is 24.8 Å². The number of hydrazone groups is 1. The monoisotopic (exact) mass is 376 g/mol. The van der Waals surface area contributed by atoms with Gasteiger partial charge in [0.15, 0.2) is 11.4 Å². The number of aromatic amines is 1. The molecule has 1 aliphatic heterocycles. The molecule has 0 spiro atoms. The minimum absolute atomic E-state index is 0.0255. The lowest BCUT2D eigenvalue weighted by Gasteiger charge is -1.98. The largest absolute Gasteiger partial charge is 0.320 e. The van der Waals surface area contributed by atoms with Crippen LogP contribution in [0.25, 0.3) is 11.3 Å². The molecule has 3 N–H and O–H groups in total. The predicted molar refractivity (Wildman–Crippen MR) is 99.8 cm³/mol. The Bertz CT molecular complexity index is 1150. The number of nitro groups is 1. The SMILES string of the molecule is O=C1Nc2ccccc2/C1=N/NC(=O)c1cc(-c2cccc([N+](=O)[O-])c2)[nH]n1. The second kappa shape index (κ2) is 6.76. The van der Waals surface area contributed by atoms with Crippen molar-refractivity contribution in [2.75, 3.05) is 5.32 Å². The van der Waals surface area contributed by atoms with E-state index in [4.69, 9.17) is 0 Å². The van der Waals surface area contributed by atoms with Gasteiger partial charge in [-0.05, 0) is 12.1 Å². The van der Waals surface area contributed by atoms with E-state index in [9.17, 15) is 19.7 Å². The first-order valence-corrected chi connectivity index (χ1v) is 8.12. The third kappa shape index (κ3) is 3.09. The number of nitrogens with zero attached hydrogens (tertiary/aromatic N) is 3. The second-order valence-corrected chi connectivity index (χ2v) is 5.88. The summed E-state index contributed by atoms with van der Waals surface area (Å²) in [5, 5.41) is 24.0. The van der Waals surface area contributed by atoms with Gasteiger partial charge in [0.05, 0.1) is 16.3 Å². The molecular formula is C18H12N6O4. The number of aromatic nitrogens is 2. The molecule has 0 unspecified atom stereocenters. The number of benzene rings is 2. The lowest BCUT2D eigenvalue weighted by Crippen LogP contribution is -2.23. The van der Waals surface area contributed by atoms with Crippen molar-refractivity contribution in [2.45, 2.75) is 0 Å². The van der Waals surface area contributed by atoms with E-state index in [2.05, 4.69) is 26.0 Å². The molecule has 4 rings (SSSR count). The highest BCUT2D eigenvalue weighted by molar-refractivity contribution is 6.53. The minimum Gasteiger partial charge on any atom is -0.320 e.